The van der Waals surface area contributed by atoms with Crippen LogP contribution < -0.4 is 10.0 Å². The molecular weight excluding hydrogens is 472 g/mol. The minimum absolute atomic E-state index is 0.250. The normalized spacial score (nSPS) is 11.4. The summed E-state index contributed by atoms with van der Waals surface area (Å²) in [5.41, 5.74) is 1.35. The van der Waals surface area contributed by atoms with E-state index in [1.807, 2.05) is 93.5 Å². The van der Waals surface area contributed by atoms with Crippen LogP contribution in [0, 0.1) is 17.2 Å². The fourth-order valence-electron chi connectivity index (χ4n) is 2.36. The van der Waals surface area contributed by atoms with Crippen molar-refractivity contribution in [3.05, 3.63) is 36.2 Å². The van der Waals surface area contributed by atoms with Gasteiger partial charge >= 0.3 is 6.15 Å². The van der Waals surface area contributed by atoms with Gasteiger partial charge in [0.2, 0.25) is 0 Å². The van der Waals surface area contributed by atoms with E-state index in [9.17, 15) is 0 Å². The number of rotatable bonds is 1. The lowest BCUT2D eigenvalue weighted by Crippen LogP contribution is -2.27. The van der Waals surface area contributed by atoms with Crippen LogP contribution in [0.3, 0.4) is 0 Å². The second-order valence-corrected chi connectivity index (χ2v) is 5.58. The highest BCUT2D eigenvalue weighted by atomic mass is 32.1. The Hall–Kier alpha value is -2.43. The van der Waals surface area contributed by atoms with Crippen LogP contribution in [0.25, 0.3) is 10.8 Å². The van der Waals surface area contributed by atoms with Gasteiger partial charge in [-0.2, -0.15) is 14.9 Å². The molecule has 2 heterocycles. The molecule has 1 aliphatic heterocycles. The summed E-state index contributed by atoms with van der Waals surface area (Å²) in [5.74, 6) is 0.925. The van der Waals surface area contributed by atoms with Gasteiger partial charge in [-0.1, -0.05) is 89.0 Å². The lowest BCUT2D eigenvalue weighted by molar-refractivity contribution is -0.191. The minimum atomic E-state index is 0.250. The van der Waals surface area contributed by atoms with Gasteiger partial charge in [-0.15, -0.1) is 0 Å². The number of anilines is 1. The number of benzene rings is 1. The third kappa shape index (κ3) is 27.8. The van der Waals surface area contributed by atoms with E-state index in [4.69, 9.17) is 20.0 Å². The van der Waals surface area contributed by atoms with Gasteiger partial charge in [0.15, 0.2) is 0 Å². The molecule has 2 aromatic rings. The second-order valence-electron chi connectivity index (χ2n) is 5.35. The molecule has 0 saturated carbocycles. The average molecular weight is 527 g/mol. The Morgan fingerprint density at radius 3 is 1.83 bits per heavy atom. The van der Waals surface area contributed by atoms with Gasteiger partial charge in [-0.05, 0) is 61.5 Å². The molecule has 0 amide bonds. The number of carbonyl (C=O) groups excluding carboxylic acids is 2. The molecule has 210 valence electrons. The first-order valence-corrected chi connectivity index (χ1v) is 13.4. The first-order chi connectivity index (χ1) is 17.7. The molecule has 0 aliphatic carbocycles. The van der Waals surface area contributed by atoms with E-state index in [-0.39, 0.29) is 6.15 Å². The molecular formula is C28H54N4O3S. The summed E-state index contributed by atoms with van der Waals surface area (Å²) in [6.07, 6.45) is 4.68. The van der Waals surface area contributed by atoms with E-state index in [1.165, 1.54) is 25.9 Å². The maximum absolute atomic E-state index is 8.82. The molecule has 1 atom stereocenters. The summed E-state index contributed by atoms with van der Waals surface area (Å²) in [6, 6.07) is 9.56. The molecule has 0 spiro atoms. The van der Waals surface area contributed by atoms with Crippen molar-refractivity contribution in [2.75, 3.05) is 24.9 Å². The van der Waals surface area contributed by atoms with E-state index in [2.05, 4.69) is 40.8 Å². The number of nitrogens with one attached hydrogen (secondary N) is 2. The number of aromatic nitrogens is 1. The highest BCUT2D eigenvalue weighted by Crippen LogP contribution is 2.20. The van der Waals surface area contributed by atoms with Crippen LogP contribution in [0.5, 0.6) is 0 Å². The molecule has 1 aliphatic rings. The van der Waals surface area contributed by atoms with Gasteiger partial charge in [0.25, 0.3) is 0 Å². The highest BCUT2D eigenvalue weighted by Gasteiger charge is 2.05. The molecule has 36 heavy (non-hydrogen) atoms. The van der Waals surface area contributed by atoms with Crippen LogP contribution in [0.1, 0.15) is 94.7 Å². The number of pyridine rings is 1. The van der Waals surface area contributed by atoms with Gasteiger partial charge < -0.3 is 15.1 Å². The summed E-state index contributed by atoms with van der Waals surface area (Å²) in [4.78, 5) is 20.2. The molecule has 8 heteroatoms. The number of thiol groups is 1. The third-order valence-corrected chi connectivity index (χ3v) is 3.80. The Labute approximate surface area is 227 Å². The topological polar surface area (TPSA) is 115 Å². The highest BCUT2D eigenvalue weighted by molar-refractivity contribution is 7.81. The van der Waals surface area contributed by atoms with Crippen LogP contribution in [-0.2, 0) is 9.59 Å². The smallest absolute Gasteiger partial charge is 0.373 e. The Balaban J connectivity index is -0.0000000870. The molecule has 1 aromatic carbocycles. The lowest BCUT2D eigenvalue weighted by atomic mass is 10.0. The Morgan fingerprint density at radius 2 is 1.50 bits per heavy atom. The van der Waals surface area contributed by atoms with Gasteiger partial charge in [0.05, 0.1) is 0 Å². The van der Waals surface area contributed by atoms with Gasteiger partial charge in [0, 0.05) is 24.4 Å². The number of piperidine rings is 1. The second kappa shape index (κ2) is 46.0. The van der Waals surface area contributed by atoms with Crippen molar-refractivity contribution in [1.82, 2.24) is 10.3 Å². The zero-order chi connectivity index (χ0) is 29.8. The number of fused-ring (bicyclic) bond motifs is 1. The van der Waals surface area contributed by atoms with E-state index in [1.54, 1.807) is 6.20 Å². The van der Waals surface area contributed by atoms with Gasteiger partial charge in [-0.3, -0.25) is 0 Å². The summed E-state index contributed by atoms with van der Waals surface area (Å²) >= 11 is 3.95. The quantitative estimate of drug-likeness (QED) is 0.284. The van der Waals surface area contributed by atoms with Crippen molar-refractivity contribution >= 4 is 35.4 Å². The fraction of sp³-hybridized carbons (Fsp3) is 0.607. The predicted molar refractivity (Wildman–Crippen MR) is 160 cm³/mol. The summed E-state index contributed by atoms with van der Waals surface area (Å²) in [7, 11) is 1.00. The third-order valence-electron chi connectivity index (χ3n) is 3.54. The Kier molecular flexibility index (Phi) is 59.8. The maximum atomic E-state index is 8.82. The molecule has 1 saturated heterocycles. The van der Waals surface area contributed by atoms with Crippen LogP contribution in [0.2, 0.25) is 0 Å². The lowest BCUT2D eigenvalue weighted by Gasteiger charge is -2.17. The minimum Gasteiger partial charge on any atom is -0.400 e. The molecule has 7 nitrogen and oxygen atoms in total. The molecule has 1 aromatic heterocycles. The number of hydrogen-bond acceptors (Lipinski definition) is 8. The van der Waals surface area contributed by atoms with E-state index in [0.717, 1.165) is 29.5 Å². The first kappa shape index (κ1) is 46.9. The number of nitriles is 1. The number of hydrogen-bond donors (Lipinski definition) is 4. The summed E-state index contributed by atoms with van der Waals surface area (Å²) in [6.45, 7) is 24.8. The Morgan fingerprint density at radius 1 is 1.00 bits per heavy atom. The van der Waals surface area contributed by atoms with Crippen molar-refractivity contribution < 1.29 is 14.7 Å². The molecule has 1 fully saturated rings. The first-order valence-electron chi connectivity index (χ1n) is 13.0. The van der Waals surface area contributed by atoms with Crippen molar-refractivity contribution in [1.29, 1.82) is 5.26 Å². The van der Waals surface area contributed by atoms with Crippen LogP contribution in [0.4, 0.5) is 5.69 Å². The fourth-order valence-corrected chi connectivity index (χ4v) is 2.50. The van der Waals surface area contributed by atoms with Crippen molar-refractivity contribution in [3.8, 4) is 6.07 Å². The molecule has 3 rings (SSSR count). The van der Waals surface area contributed by atoms with Gasteiger partial charge in [0.1, 0.15) is 11.8 Å². The van der Waals surface area contributed by atoms with Crippen LogP contribution in [-0.4, -0.2) is 36.4 Å². The average Bonchev–Trinajstić information content (AvgIpc) is 3.00. The molecule has 3 N–H and O–H groups in total. The van der Waals surface area contributed by atoms with E-state index < -0.39 is 0 Å². The summed E-state index contributed by atoms with van der Waals surface area (Å²) < 4.78 is 2.75. The molecule has 1 unspecified atom stereocenters. The largest absolute Gasteiger partial charge is 0.400 e. The Bertz CT molecular complexity index is 726. The van der Waals surface area contributed by atoms with E-state index in [0.29, 0.717) is 5.69 Å². The zero-order valence-electron chi connectivity index (χ0n) is 24.9. The van der Waals surface area contributed by atoms with Crippen molar-refractivity contribution in [2.45, 2.75) is 89.0 Å². The number of nitrogens with zero attached hydrogens (tertiary/aromatic N) is 2. The van der Waals surface area contributed by atoms with Crippen molar-refractivity contribution in [2.24, 2.45) is 5.92 Å². The number of aliphatic hydroxyl groups excluding tert-OH is 1. The summed E-state index contributed by atoms with van der Waals surface area (Å²) in [5, 5.41) is 21.0. The van der Waals surface area contributed by atoms with Crippen LogP contribution in [0.15, 0.2) is 30.5 Å². The zero-order valence-corrected chi connectivity index (χ0v) is 25.8. The molecule has 0 bridgehead atoms. The maximum Gasteiger partial charge on any atom is 0.373 e. The standard InChI is InChI=1S/C10H7N3S.C6H13N.5C2H6.CO2.CH4O/c11-6-10-9-2-1-8(13-14)5-7(9)3-4-12-10;1-6-3-2-4-7-5-6;5*1-2;2-1-3;1-2/h1-5,13-14H;6-7H,2-5H2,1H3;5*1-2H3;;2H,1H3. The SMILES string of the molecule is CC.CC.CC.CC.CC.CC1CCCNC1.CO.N#Cc1nccc2cc(NS)ccc12.O=C=O. The van der Waals surface area contributed by atoms with Crippen molar-refractivity contribution in [3.63, 3.8) is 0 Å². The monoisotopic (exact) mass is 526 g/mol. The number of aliphatic hydroxyl groups is 1. The molecule has 0 radical (unpaired) electrons. The van der Waals surface area contributed by atoms with Gasteiger partial charge in [-0.25, -0.2) is 4.98 Å². The van der Waals surface area contributed by atoms with E-state index >= 15 is 0 Å². The predicted octanol–water partition coefficient (Wildman–Crippen LogP) is 7.53. The van der Waals surface area contributed by atoms with Crippen LogP contribution >= 0.6 is 12.8 Å².